The second-order valence-electron chi connectivity index (χ2n) is 9.16. The fraction of sp³-hybridized carbons (Fsp3) is 0.346. The van der Waals surface area contributed by atoms with E-state index in [9.17, 15) is 33.2 Å². The van der Waals surface area contributed by atoms with Gasteiger partial charge in [-0.2, -0.15) is 13.2 Å². The molecule has 4 rings (SSSR count). The highest BCUT2D eigenvalue weighted by Crippen LogP contribution is 2.39. The lowest BCUT2D eigenvalue weighted by Gasteiger charge is -2.22. The lowest BCUT2D eigenvalue weighted by molar-refractivity contribution is -0.385. The molecule has 0 saturated heterocycles. The van der Waals surface area contributed by atoms with Crippen molar-refractivity contribution in [3.05, 3.63) is 69.0 Å². The molecule has 3 aromatic rings. The van der Waals surface area contributed by atoms with Gasteiger partial charge in [-0.3, -0.25) is 14.9 Å². The zero-order chi connectivity index (χ0) is 27.8. The molecule has 0 amide bonds. The van der Waals surface area contributed by atoms with Crippen LogP contribution in [0.4, 0.5) is 24.7 Å². The number of nitro groups is 1. The number of anilines is 1. The molecule has 1 aliphatic rings. The normalized spacial score (nSPS) is 16.6. The van der Waals surface area contributed by atoms with E-state index in [-0.39, 0.29) is 5.56 Å². The lowest BCUT2D eigenvalue weighted by atomic mass is 9.86. The Labute approximate surface area is 215 Å². The van der Waals surface area contributed by atoms with E-state index in [1.165, 1.54) is 7.11 Å². The summed E-state index contributed by atoms with van der Waals surface area (Å²) in [5, 5.41) is 24.3. The van der Waals surface area contributed by atoms with Gasteiger partial charge in [0.1, 0.15) is 17.4 Å². The fourth-order valence-electron chi connectivity index (χ4n) is 4.55. The Hall–Kier alpha value is -4.22. The van der Waals surface area contributed by atoms with Crippen molar-refractivity contribution in [2.24, 2.45) is 5.92 Å². The van der Waals surface area contributed by atoms with Gasteiger partial charge in [0.2, 0.25) is 0 Å². The van der Waals surface area contributed by atoms with Crippen LogP contribution in [0.1, 0.15) is 54.7 Å². The molecule has 0 saturated carbocycles. The average Bonchev–Trinajstić information content (AvgIpc) is 2.87. The van der Waals surface area contributed by atoms with Gasteiger partial charge in [0.15, 0.2) is 0 Å². The Morgan fingerprint density at radius 1 is 1.24 bits per heavy atom. The highest BCUT2D eigenvalue weighted by atomic mass is 19.4. The minimum atomic E-state index is -4.75. The van der Waals surface area contributed by atoms with Gasteiger partial charge in [-0.25, -0.2) is 9.97 Å². The molecule has 0 spiro atoms. The number of carbonyl (C=O) groups is 1. The van der Waals surface area contributed by atoms with Crippen LogP contribution in [0.3, 0.4) is 0 Å². The zero-order valence-corrected chi connectivity index (χ0v) is 20.8. The molecular weight excluding hydrogens is 505 g/mol. The summed E-state index contributed by atoms with van der Waals surface area (Å²) < 4.78 is 45.8. The topological polar surface area (TPSA) is 127 Å². The summed E-state index contributed by atoms with van der Waals surface area (Å²) in [7, 11) is 1.52. The highest BCUT2D eigenvalue weighted by molar-refractivity contribution is 5.94. The molecule has 0 bridgehead atoms. The van der Waals surface area contributed by atoms with Crippen LogP contribution < -0.4 is 10.1 Å². The van der Waals surface area contributed by atoms with Crippen molar-refractivity contribution >= 4 is 34.0 Å². The minimum absolute atomic E-state index is 0.0689. The summed E-state index contributed by atoms with van der Waals surface area (Å²) in [6.45, 7) is 3.25. The average molecular weight is 531 g/mol. The van der Waals surface area contributed by atoms with Crippen molar-refractivity contribution in [2.75, 3.05) is 12.4 Å². The number of aromatic nitrogens is 2. The monoisotopic (exact) mass is 530 g/mol. The summed E-state index contributed by atoms with van der Waals surface area (Å²) in [5.41, 5.74) is 0.469. The van der Waals surface area contributed by atoms with Crippen LogP contribution in [0.15, 0.2) is 36.4 Å². The summed E-state index contributed by atoms with van der Waals surface area (Å²) in [5.74, 6) is -0.0131. The van der Waals surface area contributed by atoms with Crippen molar-refractivity contribution in [3.63, 3.8) is 0 Å². The zero-order valence-electron chi connectivity index (χ0n) is 20.8. The molecule has 200 valence electrons. The fourth-order valence-corrected chi connectivity index (χ4v) is 4.55. The van der Waals surface area contributed by atoms with E-state index in [1.54, 1.807) is 19.9 Å². The number of alkyl halides is 3. The molecule has 2 aromatic carbocycles. The Kier molecular flexibility index (Phi) is 7.25. The number of carboxylic acids is 1. The maximum absolute atomic E-state index is 13.4. The number of ether oxygens (including phenoxy) is 1. The number of fused-ring (bicyclic) bond motifs is 1. The van der Waals surface area contributed by atoms with Gasteiger partial charge in [0, 0.05) is 29.1 Å². The second-order valence-corrected chi connectivity index (χ2v) is 9.16. The first-order valence-electron chi connectivity index (χ1n) is 11.8. The van der Waals surface area contributed by atoms with Gasteiger partial charge >= 0.3 is 12.1 Å². The summed E-state index contributed by atoms with van der Waals surface area (Å²) in [6.07, 6.45) is -1.50. The van der Waals surface area contributed by atoms with Gasteiger partial charge in [0.05, 0.1) is 35.1 Å². The van der Waals surface area contributed by atoms with Crippen molar-refractivity contribution in [1.82, 2.24) is 9.97 Å². The maximum Gasteiger partial charge on any atom is 0.416 e. The minimum Gasteiger partial charge on any atom is -0.496 e. The predicted molar refractivity (Wildman–Crippen MR) is 134 cm³/mol. The van der Waals surface area contributed by atoms with Crippen molar-refractivity contribution < 1.29 is 32.7 Å². The first-order valence-corrected chi connectivity index (χ1v) is 11.8. The van der Waals surface area contributed by atoms with E-state index in [0.29, 0.717) is 53.6 Å². The number of benzene rings is 2. The standard InChI is InChI=1S/C26H25F3N4O5/c1-13(17-8-18(26(27,28)29)10-19(9-17)33(36)37)30-24-21-11-20(15-4-6-16(7-5-15)25(34)35)23(38-3)12-22(21)31-14(2)32-24/h4,8-13,16H,5-7H2,1-3H3,(H,34,35)(H,30,31,32)/t13-,16?/m1/s1. The number of nitrogens with zero attached hydrogens (tertiary/aromatic N) is 3. The van der Waals surface area contributed by atoms with E-state index in [2.05, 4.69) is 15.3 Å². The summed E-state index contributed by atoms with van der Waals surface area (Å²) in [4.78, 5) is 30.7. The van der Waals surface area contributed by atoms with Gasteiger partial charge in [-0.15, -0.1) is 0 Å². The number of rotatable bonds is 7. The molecule has 0 aliphatic heterocycles. The number of aryl methyl sites for hydroxylation is 1. The van der Waals surface area contributed by atoms with E-state index < -0.39 is 40.3 Å². The quantitative estimate of drug-likeness (QED) is 0.269. The van der Waals surface area contributed by atoms with Crippen LogP contribution in [0, 0.1) is 23.0 Å². The largest absolute Gasteiger partial charge is 0.496 e. The van der Waals surface area contributed by atoms with Crippen LogP contribution in [0.2, 0.25) is 0 Å². The van der Waals surface area contributed by atoms with Crippen LogP contribution in [-0.2, 0) is 11.0 Å². The number of allylic oxidation sites excluding steroid dienone is 2. The molecule has 38 heavy (non-hydrogen) atoms. The molecular formula is C26H25F3N4O5. The summed E-state index contributed by atoms with van der Waals surface area (Å²) in [6, 6.07) is 5.25. The number of carboxylic acid groups (broad SMARTS) is 1. The number of hydrogen-bond donors (Lipinski definition) is 2. The highest BCUT2D eigenvalue weighted by Gasteiger charge is 2.33. The maximum atomic E-state index is 13.4. The molecule has 1 unspecified atom stereocenters. The van der Waals surface area contributed by atoms with E-state index in [1.807, 2.05) is 12.1 Å². The molecule has 0 radical (unpaired) electrons. The number of non-ortho nitro benzene ring substituents is 1. The van der Waals surface area contributed by atoms with Crippen molar-refractivity contribution in [3.8, 4) is 5.75 Å². The molecule has 0 fully saturated rings. The molecule has 1 heterocycles. The number of hydrogen-bond acceptors (Lipinski definition) is 7. The smallest absolute Gasteiger partial charge is 0.416 e. The number of methoxy groups -OCH3 is 1. The Morgan fingerprint density at radius 3 is 2.55 bits per heavy atom. The molecule has 12 heteroatoms. The van der Waals surface area contributed by atoms with Gasteiger partial charge in [0.25, 0.3) is 5.69 Å². The van der Waals surface area contributed by atoms with Crippen LogP contribution in [0.5, 0.6) is 5.75 Å². The predicted octanol–water partition coefficient (Wildman–Crippen LogP) is 6.32. The second kappa shape index (κ2) is 10.3. The van der Waals surface area contributed by atoms with Crippen LogP contribution in [0.25, 0.3) is 16.5 Å². The summed E-state index contributed by atoms with van der Waals surface area (Å²) >= 11 is 0. The van der Waals surface area contributed by atoms with Gasteiger partial charge in [-0.1, -0.05) is 6.08 Å². The first-order chi connectivity index (χ1) is 17.9. The van der Waals surface area contributed by atoms with Gasteiger partial charge < -0.3 is 15.2 Å². The third-order valence-electron chi connectivity index (χ3n) is 6.57. The Bertz CT molecular complexity index is 1460. The third kappa shape index (κ3) is 5.53. The van der Waals surface area contributed by atoms with E-state index >= 15 is 0 Å². The number of aliphatic carboxylic acids is 1. The molecule has 2 N–H and O–H groups in total. The number of nitro benzene ring substituents is 1. The van der Waals surface area contributed by atoms with Crippen LogP contribution >= 0.6 is 0 Å². The molecule has 1 aromatic heterocycles. The Balaban J connectivity index is 1.77. The van der Waals surface area contributed by atoms with Crippen molar-refractivity contribution in [1.29, 1.82) is 0 Å². The van der Waals surface area contributed by atoms with Crippen molar-refractivity contribution in [2.45, 2.75) is 45.3 Å². The third-order valence-corrected chi connectivity index (χ3v) is 6.57. The number of nitrogens with one attached hydrogen (secondary N) is 1. The SMILES string of the molecule is COc1cc2nc(C)nc(N[C@H](C)c3cc([N+](=O)[O-])cc(C(F)(F)F)c3)c2cc1C1=CCC(C(=O)O)CC1. The number of halogens is 3. The lowest BCUT2D eigenvalue weighted by Crippen LogP contribution is -2.16. The molecule has 1 aliphatic carbocycles. The van der Waals surface area contributed by atoms with E-state index in [0.717, 1.165) is 23.3 Å². The molecule has 9 nitrogen and oxygen atoms in total. The van der Waals surface area contributed by atoms with Crippen LogP contribution in [-0.4, -0.2) is 33.1 Å². The molecule has 2 atom stereocenters. The first kappa shape index (κ1) is 26.8. The van der Waals surface area contributed by atoms with E-state index in [4.69, 9.17) is 4.74 Å². The van der Waals surface area contributed by atoms with Gasteiger partial charge in [-0.05, 0) is 56.4 Å². The Morgan fingerprint density at radius 2 is 1.97 bits per heavy atom.